The van der Waals surface area contributed by atoms with Crippen molar-refractivity contribution in [1.29, 1.82) is 0 Å². The van der Waals surface area contributed by atoms with Gasteiger partial charge in [-0.05, 0) is 156 Å². The topological polar surface area (TPSA) is 226 Å². The lowest BCUT2D eigenvalue weighted by atomic mass is 10.1. The second-order valence-corrected chi connectivity index (χ2v) is 22.7. The van der Waals surface area contributed by atoms with Crippen molar-refractivity contribution in [3.63, 3.8) is 0 Å². The third-order valence-electron chi connectivity index (χ3n) is 12.7. The van der Waals surface area contributed by atoms with Crippen LogP contribution in [0.2, 0.25) is 5.02 Å². The lowest BCUT2D eigenvalue weighted by Gasteiger charge is -2.05. The number of carbonyl (C=O) groups excluding carboxylic acids is 4. The second-order valence-electron chi connectivity index (χ2n) is 19.1. The number of hydrogen-bond donors (Lipinski definition) is 0. The summed E-state index contributed by atoms with van der Waals surface area (Å²) in [4.78, 5) is 96.6. The first-order chi connectivity index (χ1) is 43.9. The summed E-state index contributed by atoms with van der Waals surface area (Å²) in [6.07, 6.45) is 0. The van der Waals surface area contributed by atoms with Crippen LogP contribution < -0.4 is 41.4 Å². The van der Waals surface area contributed by atoms with Gasteiger partial charge in [-0.15, -0.1) is 0 Å². The number of para-hydroxylation sites is 1. The Morgan fingerprint density at radius 1 is 0.352 bits per heavy atom. The first-order valence-corrected chi connectivity index (χ1v) is 32.2. The van der Waals surface area contributed by atoms with Gasteiger partial charge in [0.05, 0.1) is 0 Å². The highest BCUT2D eigenvalue weighted by Crippen LogP contribution is 2.25. The molecule has 4 aromatic heterocycles. The van der Waals surface area contributed by atoms with Crippen molar-refractivity contribution in [2.45, 2.75) is 21.3 Å². The lowest BCUT2D eigenvalue weighted by molar-refractivity contribution is 0.0720. The molecule has 23 heteroatoms. The lowest BCUT2D eigenvalue weighted by Crippen LogP contribution is -2.18. The van der Waals surface area contributed by atoms with Gasteiger partial charge in [0, 0.05) is 58.4 Å². The van der Waals surface area contributed by atoms with Gasteiger partial charge in [0.2, 0.25) is 0 Å². The molecule has 0 aliphatic heterocycles. The molecule has 0 amide bonds. The van der Waals surface area contributed by atoms with Gasteiger partial charge < -0.3 is 36.6 Å². The fraction of sp³-hybridized carbons (Fsp3) is 0.0588. The van der Waals surface area contributed by atoms with E-state index in [1.54, 1.807) is 91.0 Å². The minimum absolute atomic E-state index is 0.0173. The van der Waals surface area contributed by atoms with Crippen LogP contribution in [-0.4, -0.2) is 23.9 Å². The molecule has 0 aliphatic carbocycles. The Morgan fingerprint density at radius 3 is 0.989 bits per heavy atom. The van der Waals surface area contributed by atoms with Gasteiger partial charge in [-0.1, -0.05) is 152 Å². The van der Waals surface area contributed by atoms with E-state index in [0.29, 0.717) is 81.7 Å². The van der Waals surface area contributed by atoms with E-state index in [1.807, 2.05) is 54.6 Å². The third-order valence-corrected chi connectivity index (χ3v) is 16.0. The Hall–Kier alpha value is -8.90. The van der Waals surface area contributed by atoms with Crippen molar-refractivity contribution < 1.29 is 60.2 Å². The SMILES string of the molecule is O=C(Oc1cccc(Br)c1)c1cc2cc(CBr)ccc2oc1=O.O=C(Oc1cccc(Cl)c1)c1cc2cc(CBr)ccc2oc1=O.O=C(Oc1cccc(F)c1)c1cc2cc(CBr)ccc2oc1=O.O=C(Oc1ccccc1)c1cc2cc(CBr)ccc2oc1=O. The van der Waals surface area contributed by atoms with E-state index in [2.05, 4.69) is 79.6 Å². The van der Waals surface area contributed by atoms with Crippen LogP contribution in [0.1, 0.15) is 63.7 Å². The highest BCUT2D eigenvalue weighted by Gasteiger charge is 2.21. The molecule has 0 atom stereocenters. The number of rotatable bonds is 12. The molecule has 8 aromatic carbocycles. The van der Waals surface area contributed by atoms with Crippen LogP contribution in [0.5, 0.6) is 23.0 Å². The molecular weight excluding hydrogens is 1530 g/mol. The van der Waals surface area contributed by atoms with Gasteiger partial charge in [-0.2, -0.15) is 0 Å². The average Bonchev–Trinajstić information content (AvgIpc) is 1.16. The molecule has 0 radical (unpaired) electrons. The zero-order valence-electron chi connectivity index (χ0n) is 46.6. The van der Waals surface area contributed by atoms with Crippen LogP contribution in [0, 0.1) is 5.82 Å². The van der Waals surface area contributed by atoms with Crippen molar-refractivity contribution in [3.05, 3.63) is 302 Å². The number of halogens is 7. The van der Waals surface area contributed by atoms with Crippen LogP contribution in [-0.2, 0) is 21.3 Å². The van der Waals surface area contributed by atoms with E-state index in [-0.39, 0.29) is 33.8 Å². The zero-order chi connectivity index (χ0) is 64.7. The molecule has 0 spiro atoms. The van der Waals surface area contributed by atoms with Gasteiger partial charge in [0.15, 0.2) is 0 Å². The number of alkyl halides is 4. The number of ether oxygens (including phenoxy) is 4. The van der Waals surface area contributed by atoms with Crippen LogP contribution >= 0.6 is 91.3 Å². The molecule has 0 bridgehead atoms. The predicted octanol–water partition coefficient (Wildman–Crippen LogP) is 17.2. The predicted molar refractivity (Wildman–Crippen MR) is 359 cm³/mol. The summed E-state index contributed by atoms with van der Waals surface area (Å²) in [7, 11) is 0. The minimum atomic E-state index is -0.893. The Kier molecular flexibility index (Phi) is 22.8. The van der Waals surface area contributed by atoms with E-state index in [4.69, 9.17) is 48.2 Å². The zero-order valence-corrected chi connectivity index (χ0v) is 55.2. The van der Waals surface area contributed by atoms with Crippen molar-refractivity contribution in [3.8, 4) is 23.0 Å². The monoisotopic (exact) mass is 1560 g/mol. The number of fused-ring (bicyclic) bond motifs is 4. The van der Waals surface area contributed by atoms with E-state index < -0.39 is 52.2 Å². The fourth-order valence-corrected chi connectivity index (χ4v) is 10.3. The molecule has 12 rings (SSSR count). The van der Waals surface area contributed by atoms with Gasteiger partial charge in [-0.3, -0.25) is 0 Å². The normalized spacial score (nSPS) is 10.7. The highest BCUT2D eigenvalue weighted by atomic mass is 79.9. The van der Waals surface area contributed by atoms with Crippen LogP contribution in [0.4, 0.5) is 4.39 Å². The summed E-state index contributed by atoms with van der Waals surface area (Å²) in [6.45, 7) is 0. The van der Waals surface area contributed by atoms with E-state index in [9.17, 15) is 42.7 Å². The third kappa shape index (κ3) is 17.7. The molecule has 0 N–H and O–H groups in total. The molecule has 91 heavy (non-hydrogen) atoms. The largest absolute Gasteiger partial charge is 0.423 e. The maximum Gasteiger partial charge on any atom is 0.351 e. The smallest absolute Gasteiger partial charge is 0.351 e. The van der Waals surface area contributed by atoms with Crippen LogP contribution in [0.3, 0.4) is 0 Å². The fourth-order valence-electron chi connectivity index (χ4n) is 8.32. The van der Waals surface area contributed by atoms with Gasteiger partial charge in [-0.25, -0.2) is 42.7 Å². The molecule has 0 saturated carbocycles. The first kappa shape index (κ1) is 66.5. The van der Waals surface area contributed by atoms with E-state index >= 15 is 0 Å². The highest BCUT2D eigenvalue weighted by molar-refractivity contribution is 9.10. The number of carbonyl (C=O) groups is 4. The number of hydrogen-bond acceptors (Lipinski definition) is 16. The quantitative estimate of drug-likeness (QED) is 0.0479. The van der Waals surface area contributed by atoms with Crippen LogP contribution in [0.25, 0.3) is 43.9 Å². The summed E-state index contributed by atoms with van der Waals surface area (Å²) >= 11 is 22.6. The first-order valence-electron chi connectivity index (χ1n) is 26.6. The molecule has 0 saturated heterocycles. The van der Waals surface area contributed by atoms with Gasteiger partial charge >= 0.3 is 46.4 Å². The van der Waals surface area contributed by atoms with Crippen molar-refractivity contribution in [2.75, 3.05) is 0 Å². The number of benzene rings is 8. The molecule has 0 unspecified atom stereocenters. The van der Waals surface area contributed by atoms with Crippen molar-refractivity contribution >= 4 is 159 Å². The summed E-state index contributed by atoms with van der Waals surface area (Å²) < 4.78 is 55.2. The summed E-state index contributed by atoms with van der Waals surface area (Å²) in [5.74, 6) is -2.70. The molecular formula is C68H41Br5ClFO16. The standard InChI is InChI=1S/C17H10Br2O4.C17H10BrClO4.C17H10BrFO4.C17H11BrO4/c3*18-9-10-4-5-15-11(6-10)7-14(17(21)23-15)16(20)22-13-3-1-2-12(19)8-13;18-10-11-6-7-15-12(8-11)9-14(17(20)22-15)16(19)21-13-4-2-1-3-5-13/h3*1-8H,9H2;1-9H,10H2. The maximum absolute atomic E-state index is 13.1. The van der Waals surface area contributed by atoms with E-state index in [1.165, 1.54) is 48.5 Å². The second kappa shape index (κ2) is 31.2. The molecule has 4 heterocycles. The molecule has 458 valence electrons. The van der Waals surface area contributed by atoms with Crippen molar-refractivity contribution in [1.82, 2.24) is 0 Å². The van der Waals surface area contributed by atoms with E-state index in [0.717, 1.165) is 32.8 Å². The van der Waals surface area contributed by atoms with Gasteiger partial charge in [0.25, 0.3) is 0 Å². The average molecular weight is 1570 g/mol. The van der Waals surface area contributed by atoms with Crippen molar-refractivity contribution in [2.24, 2.45) is 0 Å². The maximum atomic E-state index is 13.1. The number of esters is 4. The molecule has 16 nitrogen and oxygen atoms in total. The summed E-state index contributed by atoms with van der Waals surface area (Å²) in [5, 5.41) is 5.66. The molecule has 0 aliphatic rings. The molecule has 0 fully saturated rings. The van der Waals surface area contributed by atoms with Gasteiger partial charge in [0.1, 0.15) is 73.4 Å². The Morgan fingerprint density at radius 2 is 0.659 bits per heavy atom. The molecule has 12 aromatic rings. The Bertz CT molecular complexity index is 4600. The minimum Gasteiger partial charge on any atom is -0.423 e. The Labute approximate surface area is 560 Å². The Balaban J connectivity index is 0.000000144. The summed E-state index contributed by atoms with van der Waals surface area (Å²) in [5.41, 5.74) is 2.03. The summed E-state index contributed by atoms with van der Waals surface area (Å²) in [6, 6.07) is 54.2. The van der Waals surface area contributed by atoms with Crippen LogP contribution in [0.15, 0.2) is 242 Å².